The molecule has 0 spiro atoms. The molecule has 0 aliphatic carbocycles. The van der Waals surface area contributed by atoms with Crippen molar-refractivity contribution in [2.75, 3.05) is 19.7 Å². The van der Waals surface area contributed by atoms with Crippen molar-refractivity contribution in [3.63, 3.8) is 0 Å². The van der Waals surface area contributed by atoms with Gasteiger partial charge in [-0.05, 0) is 68.1 Å². The molecule has 4 nitrogen and oxygen atoms in total. The summed E-state index contributed by atoms with van der Waals surface area (Å²) >= 11 is 0. The van der Waals surface area contributed by atoms with Crippen molar-refractivity contribution in [2.24, 2.45) is 11.8 Å². The second kappa shape index (κ2) is 8.61. The van der Waals surface area contributed by atoms with E-state index in [4.69, 9.17) is 9.15 Å². The number of benzene rings is 2. The molecule has 1 saturated heterocycles. The summed E-state index contributed by atoms with van der Waals surface area (Å²) in [5.41, 5.74) is 3.31. The van der Waals surface area contributed by atoms with E-state index in [0.717, 1.165) is 54.6 Å². The lowest BCUT2D eigenvalue weighted by molar-refractivity contribution is 0.319. The standard InChI is InChI=1S/C24H28N2O2/c1-17-15-25-16-21(17)13-19-7-6-10-22(14-19)27-12-11-23-18(2)28-24(26-23)20-8-4-3-5-9-20/h3-10,14,17,21,25H,11-13,15-16H2,1-2H3/t17-,21+/m0/s1. The van der Waals surface area contributed by atoms with Crippen LogP contribution >= 0.6 is 0 Å². The Hall–Kier alpha value is -2.59. The van der Waals surface area contributed by atoms with Gasteiger partial charge in [0.15, 0.2) is 0 Å². The highest BCUT2D eigenvalue weighted by molar-refractivity contribution is 5.53. The number of hydrogen-bond acceptors (Lipinski definition) is 4. The van der Waals surface area contributed by atoms with Crippen LogP contribution < -0.4 is 10.1 Å². The van der Waals surface area contributed by atoms with Gasteiger partial charge in [0.05, 0.1) is 12.3 Å². The van der Waals surface area contributed by atoms with E-state index in [-0.39, 0.29) is 0 Å². The molecule has 0 unspecified atom stereocenters. The fraction of sp³-hybridized carbons (Fsp3) is 0.375. The third-order valence-electron chi connectivity index (χ3n) is 5.59. The summed E-state index contributed by atoms with van der Waals surface area (Å²) in [4.78, 5) is 4.65. The van der Waals surface area contributed by atoms with Gasteiger partial charge >= 0.3 is 0 Å². The summed E-state index contributed by atoms with van der Waals surface area (Å²) in [5.74, 6) is 3.91. The van der Waals surface area contributed by atoms with Crippen molar-refractivity contribution in [1.82, 2.24) is 10.3 Å². The number of oxazole rings is 1. The molecule has 3 aromatic rings. The van der Waals surface area contributed by atoms with Crippen LogP contribution in [0.15, 0.2) is 59.0 Å². The van der Waals surface area contributed by atoms with Crippen molar-refractivity contribution in [3.05, 3.63) is 71.6 Å². The average Bonchev–Trinajstić information content (AvgIpc) is 3.29. The van der Waals surface area contributed by atoms with E-state index < -0.39 is 0 Å². The molecule has 2 aromatic carbocycles. The molecule has 146 valence electrons. The summed E-state index contributed by atoms with van der Waals surface area (Å²) in [7, 11) is 0. The molecule has 2 heterocycles. The Balaban J connectivity index is 1.34. The molecule has 1 aromatic heterocycles. The van der Waals surface area contributed by atoms with Gasteiger partial charge in [0.1, 0.15) is 11.5 Å². The van der Waals surface area contributed by atoms with Crippen molar-refractivity contribution in [1.29, 1.82) is 0 Å². The lowest BCUT2D eigenvalue weighted by atomic mass is 9.91. The van der Waals surface area contributed by atoms with E-state index in [1.807, 2.05) is 43.3 Å². The summed E-state index contributed by atoms with van der Waals surface area (Å²) in [6.07, 6.45) is 1.84. The van der Waals surface area contributed by atoms with E-state index in [9.17, 15) is 0 Å². The lowest BCUT2D eigenvalue weighted by Gasteiger charge is -2.14. The van der Waals surface area contributed by atoms with Gasteiger partial charge in [-0.25, -0.2) is 4.98 Å². The molecule has 4 rings (SSSR count). The molecule has 0 amide bonds. The van der Waals surface area contributed by atoms with Crippen molar-refractivity contribution in [2.45, 2.75) is 26.7 Å². The lowest BCUT2D eigenvalue weighted by Crippen LogP contribution is -2.13. The molecule has 1 aliphatic heterocycles. The third kappa shape index (κ3) is 4.45. The SMILES string of the molecule is Cc1oc(-c2ccccc2)nc1CCOc1cccc(C[C@@H]2CNC[C@@H]2C)c1. The van der Waals surface area contributed by atoms with E-state index >= 15 is 0 Å². The first-order chi connectivity index (χ1) is 13.7. The predicted octanol–water partition coefficient (Wildman–Crippen LogP) is 4.67. The van der Waals surface area contributed by atoms with E-state index in [2.05, 4.69) is 35.4 Å². The molecule has 1 fully saturated rings. The van der Waals surface area contributed by atoms with E-state index in [1.165, 1.54) is 5.56 Å². The monoisotopic (exact) mass is 376 g/mol. The van der Waals surface area contributed by atoms with Gasteiger partial charge in [-0.15, -0.1) is 0 Å². The van der Waals surface area contributed by atoms with Crippen molar-refractivity contribution in [3.8, 4) is 17.2 Å². The fourth-order valence-electron chi connectivity index (χ4n) is 3.83. The largest absolute Gasteiger partial charge is 0.493 e. The van der Waals surface area contributed by atoms with Crippen LogP contribution in [0.3, 0.4) is 0 Å². The molecule has 28 heavy (non-hydrogen) atoms. The summed E-state index contributed by atoms with van der Waals surface area (Å²) in [6, 6.07) is 18.5. The minimum absolute atomic E-state index is 0.590. The second-order valence-electron chi connectivity index (χ2n) is 7.73. The Morgan fingerprint density at radius 2 is 1.96 bits per heavy atom. The van der Waals surface area contributed by atoms with Crippen LogP contribution in [-0.4, -0.2) is 24.7 Å². The maximum atomic E-state index is 6.01. The third-order valence-corrected chi connectivity index (χ3v) is 5.59. The van der Waals surface area contributed by atoms with Crippen LogP contribution in [0.4, 0.5) is 0 Å². The highest BCUT2D eigenvalue weighted by Crippen LogP contribution is 2.24. The fourth-order valence-corrected chi connectivity index (χ4v) is 3.83. The summed E-state index contributed by atoms with van der Waals surface area (Å²) < 4.78 is 11.8. The Morgan fingerprint density at radius 3 is 2.75 bits per heavy atom. The molecular weight excluding hydrogens is 348 g/mol. The maximum Gasteiger partial charge on any atom is 0.226 e. The van der Waals surface area contributed by atoms with Crippen molar-refractivity contribution < 1.29 is 9.15 Å². The smallest absolute Gasteiger partial charge is 0.226 e. The molecule has 2 atom stereocenters. The minimum Gasteiger partial charge on any atom is -0.493 e. The van der Waals surface area contributed by atoms with Crippen LogP contribution in [-0.2, 0) is 12.8 Å². The van der Waals surface area contributed by atoms with E-state index in [1.54, 1.807) is 0 Å². The Kier molecular flexibility index (Phi) is 5.77. The number of nitrogens with zero attached hydrogens (tertiary/aromatic N) is 1. The number of hydrogen-bond donors (Lipinski definition) is 1. The Labute approximate surface area is 167 Å². The minimum atomic E-state index is 0.590. The number of nitrogens with one attached hydrogen (secondary N) is 1. The van der Waals surface area contributed by atoms with Gasteiger partial charge in [-0.2, -0.15) is 0 Å². The molecule has 1 N–H and O–H groups in total. The molecular formula is C24H28N2O2. The van der Waals surface area contributed by atoms with Gasteiger partial charge < -0.3 is 14.5 Å². The summed E-state index contributed by atoms with van der Waals surface area (Å²) in [6.45, 7) is 7.12. The zero-order valence-electron chi connectivity index (χ0n) is 16.7. The predicted molar refractivity (Wildman–Crippen MR) is 112 cm³/mol. The quantitative estimate of drug-likeness (QED) is 0.651. The molecule has 0 bridgehead atoms. The van der Waals surface area contributed by atoms with Gasteiger partial charge in [-0.1, -0.05) is 37.3 Å². The highest BCUT2D eigenvalue weighted by Gasteiger charge is 2.23. The summed E-state index contributed by atoms with van der Waals surface area (Å²) in [5, 5.41) is 3.48. The molecule has 0 radical (unpaired) electrons. The number of aryl methyl sites for hydroxylation is 1. The zero-order chi connectivity index (χ0) is 19.3. The Morgan fingerprint density at radius 1 is 1.11 bits per heavy atom. The molecule has 1 aliphatic rings. The zero-order valence-corrected chi connectivity index (χ0v) is 16.7. The van der Waals surface area contributed by atoms with E-state index in [0.29, 0.717) is 18.4 Å². The number of rotatable bonds is 7. The normalized spacial score (nSPS) is 19.1. The first-order valence-electron chi connectivity index (χ1n) is 10.1. The first kappa shape index (κ1) is 18.8. The van der Waals surface area contributed by atoms with Crippen molar-refractivity contribution >= 4 is 0 Å². The van der Waals surface area contributed by atoms with Crippen LogP contribution in [0.2, 0.25) is 0 Å². The first-order valence-corrected chi connectivity index (χ1v) is 10.1. The van der Waals surface area contributed by atoms with Crippen LogP contribution in [0.5, 0.6) is 5.75 Å². The van der Waals surface area contributed by atoms with Gasteiger partial charge in [0, 0.05) is 12.0 Å². The number of ether oxygens (including phenoxy) is 1. The molecule has 0 saturated carbocycles. The topological polar surface area (TPSA) is 47.3 Å². The average molecular weight is 377 g/mol. The second-order valence-corrected chi connectivity index (χ2v) is 7.73. The van der Waals surface area contributed by atoms with Gasteiger partial charge in [0.25, 0.3) is 0 Å². The number of aromatic nitrogens is 1. The molecule has 4 heteroatoms. The van der Waals surface area contributed by atoms with Crippen LogP contribution in [0.1, 0.15) is 23.9 Å². The van der Waals surface area contributed by atoms with Gasteiger partial charge in [-0.3, -0.25) is 0 Å². The van der Waals surface area contributed by atoms with Crippen LogP contribution in [0.25, 0.3) is 11.5 Å². The maximum absolute atomic E-state index is 6.01. The Bertz CT molecular complexity index is 904. The van der Waals surface area contributed by atoms with Crippen LogP contribution in [0, 0.1) is 18.8 Å². The highest BCUT2D eigenvalue weighted by atomic mass is 16.5. The van der Waals surface area contributed by atoms with Gasteiger partial charge in [0.2, 0.25) is 5.89 Å².